The summed E-state index contributed by atoms with van der Waals surface area (Å²) in [6.45, 7) is -0.404. The Morgan fingerprint density at radius 2 is 1.74 bits per heavy atom. The van der Waals surface area contributed by atoms with Crippen molar-refractivity contribution in [1.82, 2.24) is 0 Å². The van der Waals surface area contributed by atoms with Gasteiger partial charge in [-0.3, -0.25) is 4.79 Å². The quantitative estimate of drug-likeness (QED) is 0.465. The number of anilines is 1. The molecule has 0 atom stereocenters. The Hall–Kier alpha value is -2.82. The van der Waals surface area contributed by atoms with Crippen LogP contribution in [0.2, 0.25) is 10.0 Å². The van der Waals surface area contributed by atoms with Crippen molar-refractivity contribution in [3.05, 3.63) is 82.3 Å². The summed E-state index contributed by atoms with van der Waals surface area (Å²) in [5.41, 5.74) is 1.36. The van der Waals surface area contributed by atoms with Crippen molar-refractivity contribution in [3.8, 4) is 0 Å². The highest BCUT2D eigenvalue weighted by Crippen LogP contribution is 2.25. The van der Waals surface area contributed by atoms with E-state index in [1.54, 1.807) is 18.2 Å². The van der Waals surface area contributed by atoms with E-state index in [0.717, 1.165) is 16.3 Å². The number of amides is 1. The van der Waals surface area contributed by atoms with Gasteiger partial charge in [-0.15, -0.1) is 0 Å². The molecular weight excluding hydrogens is 385 g/mol. The van der Waals surface area contributed by atoms with Crippen LogP contribution in [0.15, 0.2) is 66.7 Å². The van der Waals surface area contributed by atoms with Gasteiger partial charge in [-0.05, 0) is 40.6 Å². The van der Waals surface area contributed by atoms with Gasteiger partial charge in [0.15, 0.2) is 6.61 Å². The van der Waals surface area contributed by atoms with E-state index in [0.29, 0.717) is 15.7 Å². The van der Waals surface area contributed by atoms with Gasteiger partial charge in [0.2, 0.25) is 0 Å². The molecule has 0 unspecified atom stereocenters. The van der Waals surface area contributed by atoms with Crippen molar-refractivity contribution in [3.63, 3.8) is 0 Å². The summed E-state index contributed by atoms with van der Waals surface area (Å²) in [5.74, 6) is -1.08. The zero-order chi connectivity index (χ0) is 19.2. The minimum atomic E-state index is -0.604. The van der Waals surface area contributed by atoms with Gasteiger partial charge in [-0.1, -0.05) is 65.7 Å². The van der Waals surface area contributed by atoms with Gasteiger partial charge in [0, 0.05) is 11.8 Å². The first-order chi connectivity index (χ1) is 13.0. The van der Waals surface area contributed by atoms with Gasteiger partial charge in [-0.2, -0.15) is 0 Å². The average molecular weight is 400 g/mol. The van der Waals surface area contributed by atoms with Crippen LogP contribution in [-0.2, 0) is 14.3 Å². The third kappa shape index (κ3) is 5.09. The summed E-state index contributed by atoms with van der Waals surface area (Å²) in [6, 6.07) is 18.4. The highest BCUT2D eigenvalue weighted by atomic mass is 35.5. The Kier molecular flexibility index (Phi) is 6.12. The van der Waals surface area contributed by atoms with E-state index in [2.05, 4.69) is 5.32 Å². The third-order valence-electron chi connectivity index (χ3n) is 3.77. The highest BCUT2D eigenvalue weighted by Gasteiger charge is 2.07. The zero-order valence-electron chi connectivity index (χ0n) is 14.1. The normalized spacial score (nSPS) is 10.9. The first-order valence-electron chi connectivity index (χ1n) is 8.10. The summed E-state index contributed by atoms with van der Waals surface area (Å²) < 4.78 is 4.97. The molecule has 1 N–H and O–H groups in total. The predicted molar refractivity (Wildman–Crippen MR) is 109 cm³/mol. The van der Waals surface area contributed by atoms with E-state index < -0.39 is 18.5 Å². The Balaban J connectivity index is 1.56. The lowest BCUT2D eigenvalue weighted by Gasteiger charge is -2.06. The number of rotatable bonds is 5. The molecular formula is C21H15Cl2NO3. The molecule has 0 heterocycles. The standard InChI is InChI=1S/C21H15Cl2NO3/c22-18-10-9-16(12-19(18)23)24-20(25)13-27-21(26)11-8-15-6-3-5-14-4-1-2-7-17(14)15/h1-12H,13H2,(H,24,25)/b11-8+. The fourth-order valence-electron chi connectivity index (χ4n) is 2.51. The predicted octanol–water partition coefficient (Wildman–Crippen LogP) is 5.34. The Bertz CT molecular complexity index is 1030. The van der Waals surface area contributed by atoms with Crippen LogP contribution in [0.5, 0.6) is 0 Å². The van der Waals surface area contributed by atoms with E-state index in [1.807, 2.05) is 42.5 Å². The van der Waals surface area contributed by atoms with E-state index in [-0.39, 0.29) is 0 Å². The van der Waals surface area contributed by atoms with Crippen LogP contribution in [0.4, 0.5) is 5.69 Å². The van der Waals surface area contributed by atoms with Crippen LogP contribution in [0.25, 0.3) is 16.8 Å². The highest BCUT2D eigenvalue weighted by molar-refractivity contribution is 6.42. The van der Waals surface area contributed by atoms with Gasteiger partial charge in [0.1, 0.15) is 0 Å². The lowest BCUT2D eigenvalue weighted by molar-refractivity contribution is -0.142. The molecule has 0 fully saturated rings. The molecule has 0 aliphatic rings. The fraction of sp³-hybridized carbons (Fsp3) is 0.0476. The smallest absolute Gasteiger partial charge is 0.331 e. The maximum absolute atomic E-state index is 11.9. The number of hydrogen-bond acceptors (Lipinski definition) is 3. The Labute approximate surface area is 166 Å². The lowest BCUT2D eigenvalue weighted by atomic mass is 10.0. The van der Waals surface area contributed by atoms with Crippen molar-refractivity contribution in [1.29, 1.82) is 0 Å². The first kappa shape index (κ1) is 19.0. The summed E-state index contributed by atoms with van der Waals surface area (Å²) in [5, 5.41) is 5.40. The third-order valence-corrected chi connectivity index (χ3v) is 4.51. The van der Waals surface area contributed by atoms with Gasteiger partial charge in [-0.25, -0.2) is 4.79 Å². The Morgan fingerprint density at radius 1 is 0.963 bits per heavy atom. The molecule has 0 radical (unpaired) electrons. The molecule has 1 amide bonds. The molecule has 3 aromatic rings. The van der Waals surface area contributed by atoms with E-state index >= 15 is 0 Å². The number of hydrogen-bond donors (Lipinski definition) is 1. The number of ether oxygens (including phenoxy) is 1. The molecule has 3 aromatic carbocycles. The van der Waals surface area contributed by atoms with Crippen LogP contribution >= 0.6 is 23.2 Å². The monoisotopic (exact) mass is 399 g/mol. The van der Waals surface area contributed by atoms with Crippen LogP contribution in [0.3, 0.4) is 0 Å². The van der Waals surface area contributed by atoms with E-state index in [9.17, 15) is 9.59 Å². The van der Waals surface area contributed by atoms with Crippen molar-refractivity contribution < 1.29 is 14.3 Å². The largest absolute Gasteiger partial charge is 0.452 e. The molecule has 0 bridgehead atoms. The number of halogens is 2. The van der Waals surface area contributed by atoms with Crippen molar-refractivity contribution >= 4 is 57.6 Å². The maximum Gasteiger partial charge on any atom is 0.331 e. The zero-order valence-corrected chi connectivity index (χ0v) is 15.6. The molecule has 6 heteroatoms. The minimum absolute atomic E-state index is 0.324. The maximum atomic E-state index is 11.9. The van der Waals surface area contributed by atoms with E-state index in [4.69, 9.17) is 27.9 Å². The van der Waals surface area contributed by atoms with Gasteiger partial charge in [0.25, 0.3) is 5.91 Å². The van der Waals surface area contributed by atoms with Crippen LogP contribution in [0, 0.1) is 0 Å². The topological polar surface area (TPSA) is 55.4 Å². The minimum Gasteiger partial charge on any atom is -0.452 e. The average Bonchev–Trinajstić information content (AvgIpc) is 2.67. The molecule has 4 nitrogen and oxygen atoms in total. The number of fused-ring (bicyclic) bond motifs is 1. The van der Waals surface area contributed by atoms with Gasteiger partial charge in [0.05, 0.1) is 10.0 Å². The molecule has 0 aliphatic carbocycles. The number of carbonyl (C=O) groups is 2. The molecule has 0 spiro atoms. The van der Waals surface area contributed by atoms with Crippen molar-refractivity contribution in [2.75, 3.05) is 11.9 Å². The molecule has 0 aliphatic heterocycles. The number of nitrogens with one attached hydrogen (secondary N) is 1. The molecule has 136 valence electrons. The molecule has 0 saturated carbocycles. The fourth-order valence-corrected chi connectivity index (χ4v) is 2.81. The SMILES string of the molecule is O=C(COC(=O)/C=C/c1cccc2ccccc12)Nc1ccc(Cl)c(Cl)c1. The summed E-state index contributed by atoms with van der Waals surface area (Å²) in [7, 11) is 0. The summed E-state index contributed by atoms with van der Waals surface area (Å²) in [6.07, 6.45) is 2.97. The second-order valence-corrected chi connectivity index (χ2v) is 6.50. The second-order valence-electron chi connectivity index (χ2n) is 5.69. The van der Waals surface area contributed by atoms with Crippen molar-refractivity contribution in [2.24, 2.45) is 0 Å². The van der Waals surface area contributed by atoms with Gasteiger partial charge >= 0.3 is 5.97 Å². The number of esters is 1. The summed E-state index contributed by atoms with van der Waals surface area (Å²) in [4.78, 5) is 23.8. The molecule has 27 heavy (non-hydrogen) atoms. The van der Waals surface area contributed by atoms with Gasteiger partial charge < -0.3 is 10.1 Å². The van der Waals surface area contributed by atoms with Crippen LogP contribution < -0.4 is 5.32 Å². The first-order valence-corrected chi connectivity index (χ1v) is 8.86. The molecule has 0 saturated heterocycles. The van der Waals surface area contributed by atoms with Crippen molar-refractivity contribution in [2.45, 2.75) is 0 Å². The summed E-state index contributed by atoms with van der Waals surface area (Å²) >= 11 is 11.7. The van der Waals surface area contributed by atoms with E-state index in [1.165, 1.54) is 12.1 Å². The number of benzene rings is 3. The Morgan fingerprint density at radius 3 is 2.56 bits per heavy atom. The molecule has 0 aromatic heterocycles. The number of carbonyl (C=O) groups excluding carboxylic acids is 2. The van der Waals surface area contributed by atoms with Crippen LogP contribution in [-0.4, -0.2) is 18.5 Å². The second kappa shape index (κ2) is 8.71. The lowest BCUT2D eigenvalue weighted by Crippen LogP contribution is -2.20. The van der Waals surface area contributed by atoms with Crippen LogP contribution in [0.1, 0.15) is 5.56 Å². The molecule has 3 rings (SSSR count).